The zero-order valence-corrected chi connectivity index (χ0v) is 16.8. The molecule has 4 rings (SSSR count). The Morgan fingerprint density at radius 2 is 1.93 bits per heavy atom. The maximum atomic E-state index is 13.9. The van der Waals surface area contributed by atoms with Crippen molar-refractivity contribution in [3.63, 3.8) is 0 Å². The Morgan fingerprint density at radius 1 is 1.10 bits per heavy atom. The molecule has 1 aliphatic heterocycles. The van der Waals surface area contributed by atoms with E-state index in [1.807, 2.05) is 12.1 Å². The van der Waals surface area contributed by atoms with Crippen LogP contribution in [0.3, 0.4) is 0 Å². The number of nitrogens with zero attached hydrogens (tertiary/aromatic N) is 3. The quantitative estimate of drug-likeness (QED) is 0.637. The SMILES string of the molecule is O=C(CCc1ncc(-c2ccccc2F)o1)NCc1cccnc1N1CCCCC1. The number of pyridine rings is 1. The van der Waals surface area contributed by atoms with Crippen LogP contribution in [0.2, 0.25) is 0 Å². The highest BCUT2D eigenvalue weighted by molar-refractivity contribution is 5.76. The summed E-state index contributed by atoms with van der Waals surface area (Å²) in [6, 6.07) is 10.3. The zero-order chi connectivity index (χ0) is 20.8. The van der Waals surface area contributed by atoms with Crippen LogP contribution in [0.1, 0.15) is 37.1 Å². The summed E-state index contributed by atoms with van der Waals surface area (Å²) in [6.45, 7) is 2.45. The van der Waals surface area contributed by atoms with Crippen molar-refractivity contribution in [2.45, 2.75) is 38.6 Å². The molecule has 7 heteroatoms. The minimum atomic E-state index is -0.362. The van der Waals surface area contributed by atoms with Crippen molar-refractivity contribution >= 4 is 11.7 Å². The summed E-state index contributed by atoms with van der Waals surface area (Å²) >= 11 is 0. The van der Waals surface area contributed by atoms with Crippen LogP contribution in [0, 0.1) is 5.82 Å². The first kappa shape index (κ1) is 20.1. The third-order valence-electron chi connectivity index (χ3n) is 5.26. The lowest BCUT2D eigenvalue weighted by atomic mass is 10.1. The number of benzene rings is 1. The number of oxazole rings is 1. The summed E-state index contributed by atoms with van der Waals surface area (Å²) in [6.07, 6.45) is 7.50. The van der Waals surface area contributed by atoms with Gasteiger partial charge in [0, 0.05) is 44.2 Å². The van der Waals surface area contributed by atoms with E-state index in [-0.39, 0.29) is 18.1 Å². The molecule has 1 aromatic carbocycles. The summed E-state index contributed by atoms with van der Waals surface area (Å²) in [5.74, 6) is 1.29. The van der Waals surface area contributed by atoms with Gasteiger partial charge in [-0.15, -0.1) is 0 Å². The fraction of sp³-hybridized carbons (Fsp3) is 0.348. The third-order valence-corrected chi connectivity index (χ3v) is 5.26. The van der Waals surface area contributed by atoms with Gasteiger partial charge in [0.1, 0.15) is 11.6 Å². The summed E-state index contributed by atoms with van der Waals surface area (Å²) in [7, 11) is 0. The first-order chi connectivity index (χ1) is 14.7. The number of amides is 1. The first-order valence-electron chi connectivity index (χ1n) is 10.4. The van der Waals surface area contributed by atoms with Crippen molar-refractivity contribution in [2.75, 3.05) is 18.0 Å². The Kier molecular flexibility index (Phi) is 6.37. The van der Waals surface area contributed by atoms with Crippen molar-refractivity contribution in [1.82, 2.24) is 15.3 Å². The van der Waals surface area contributed by atoms with Crippen molar-refractivity contribution < 1.29 is 13.6 Å². The van der Waals surface area contributed by atoms with Gasteiger partial charge in [0.15, 0.2) is 11.7 Å². The fourth-order valence-corrected chi connectivity index (χ4v) is 3.67. The van der Waals surface area contributed by atoms with Gasteiger partial charge in [-0.25, -0.2) is 14.4 Å². The molecule has 0 saturated carbocycles. The third kappa shape index (κ3) is 4.84. The van der Waals surface area contributed by atoms with E-state index >= 15 is 0 Å². The molecule has 6 nitrogen and oxygen atoms in total. The minimum absolute atomic E-state index is 0.0888. The van der Waals surface area contributed by atoms with E-state index < -0.39 is 0 Å². The number of piperidine rings is 1. The smallest absolute Gasteiger partial charge is 0.220 e. The number of carbonyl (C=O) groups is 1. The standard InChI is InChI=1S/C23H25FN4O2/c24-19-9-3-2-8-18(19)20-16-27-22(30-20)11-10-21(29)26-15-17-7-6-12-25-23(17)28-13-4-1-5-14-28/h2-3,6-9,12,16H,1,4-5,10-11,13-15H2,(H,26,29). The summed E-state index contributed by atoms with van der Waals surface area (Å²) in [5, 5.41) is 2.96. The van der Waals surface area contributed by atoms with E-state index in [2.05, 4.69) is 20.2 Å². The highest BCUT2D eigenvalue weighted by atomic mass is 19.1. The second-order valence-corrected chi connectivity index (χ2v) is 7.41. The predicted molar refractivity (Wildman–Crippen MR) is 112 cm³/mol. The second kappa shape index (κ2) is 9.52. The number of halogens is 1. The van der Waals surface area contributed by atoms with Gasteiger partial charge in [0.05, 0.1) is 11.8 Å². The van der Waals surface area contributed by atoms with Crippen molar-refractivity contribution in [3.05, 3.63) is 66.1 Å². The highest BCUT2D eigenvalue weighted by Crippen LogP contribution is 2.24. The van der Waals surface area contributed by atoms with Crippen LogP contribution >= 0.6 is 0 Å². The number of anilines is 1. The molecule has 1 fully saturated rings. The molecule has 3 heterocycles. The summed E-state index contributed by atoms with van der Waals surface area (Å²) in [4.78, 5) is 23.3. The summed E-state index contributed by atoms with van der Waals surface area (Å²) < 4.78 is 19.5. The second-order valence-electron chi connectivity index (χ2n) is 7.41. The topological polar surface area (TPSA) is 71.3 Å². The number of aromatic nitrogens is 2. The molecule has 0 unspecified atom stereocenters. The Hall–Kier alpha value is -3.22. The molecule has 0 spiro atoms. The van der Waals surface area contributed by atoms with E-state index in [9.17, 15) is 9.18 Å². The number of hydrogen-bond acceptors (Lipinski definition) is 5. The Bertz CT molecular complexity index is 998. The monoisotopic (exact) mass is 408 g/mol. The maximum absolute atomic E-state index is 13.9. The van der Waals surface area contributed by atoms with Gasteiger partial charge in [-0.05, 0) is 37.5 Å². The molecule has 30 heavy (non-hydrogen) atoms. The van der Waals surface area contributed by atoms with Gasteiger partial charge in [0.2, 0.25) is 5.91 Å². The first-order valence-corrected chi connectivity index (χ1v) is 10.4. The molecule has 3 aromatic rings. The van der Waals surface area contributed by atoms with Gasteiger partial charge >= 0.3 is 0 Å². The van der Waals surface area contributed by atoms with Crippen LogP contribution in [-0.4, -0.2) is 29.0 Å². The van der Waals surface area contributed by atoms with Crippen LogP contribution in [0.5, 0.6) is 0 Å². The normalized spacial score (nSPS) is 14.0. The fourth-order valence-electron chi connectivity index (χ4n) is 3.67. The number of carbonyl (C=O) groups excluding carboxylic acids is 1. The lowest BCUT2D eigenvalue weighted by Gasteiger charge is -2.29. The molecule has 1 N–H and O–H groups in total. The molecule has 0 aliphatic carbocycles. The Balaban J connectivity index is 1.31. The van der Waals surface area contributed by atoms with Crippen molar-refractivity contribution in [3.8, 4) is 11.3 Å². The number of nitrogens with one attached hydrogen (secondary N) is 1. The number of rotatable bonds is 7. The van der Waals surface area contributed by atoms with Crippen LogP contribution in [0.15, 0.2) is 53.2 Å². The van der Waals surface area contributed by atoms with Crippen LogP contribution in [-0.2, 0) is 17.8 Å². The molecule has 1 saturated heterocycles. The summed E-state index contributed by atoms with van der Waals surface area (Å²) in [5.41, 5.74) is 1.38. The van der Waals surface area contributed by atoms with Gasteiger partial charge in [0.25, 0.3) is 0 Å². The molecular formula is C23H25FN4O2. The maximum Gasteiger partial charge on any atom is 0.220 e. The average molecular weight is 408 g/mol. The van der Waals surface area contributed by atoms with Crippen molar-refractivity contribution in [2.24, 2.45) is 0 Å². The molecule has 0 atom stereocenters. The molecule has 156 valence electrons. The molecule has 0 radical (unpaired) electrons. The molecule has 1 amide bonds. The van der Waals surface area contributed by atoms with Crippen LogP contribution < -0.4 is 10.2 Å². The van der Waals surface area contributed by atoms with Crippen molar-refractivity contribution in [1.29, 1.82) is 0 Å². The average Bonchev–Trinajstić information content (AvgIpc) is 3.26. The van der Waals surface area contributed by atoms with E-state index in [0.717, 1.165) is 24.5 Å². The van der Waals surface area contributed by atoms with E-state index in [0.29, 0.717) is 30.2 Å². The van der Waals surface area contributed by atoms with Gasteiger partial charge in [-0.1, -0.05) is 18.2 Å². The van der Waals surface area contributed by atoms with Gasteiger partial charge in [-0.2, -0.15) is 0 Å². The Morgan fingerprint density at radius 3 is 2.77 bits per heavy atom. The van der Waals surface area contributed by atoms with Crippen LogP contribution in [0.25, 0.3) is 11.3 Å². The molecule has 1 aliphatic rings. The molecule has 0 bridgehead atoms. The lowest BCUT2D eigenvalue weighted by Crippen LogP contribution is -2.32. The minimum Gasteiger partial charge on any atom is -0.441 e. The zero-order valence-electron chi connectivity index (χ0n) is 16.8. The van der Waals surface area contributed by atoms with Gasteiger partial charge < -0.3 is 14.6 Å². The number of hydrogen-bond donors (Lipinski definition) is 1. The van der Waals surface area contributed by atoms with E-state index in [1.165, 1.54) is 31.5 Å². The largest absolute Gasteiger partial charge is 0.441 e. The lowest BCUT2D eigenvalue weighted by molar-refractivity contribution is -0.121. The molecular weight excluding hydrogens is 383 g/mol. The van der Waals surface area contributed by atoms with Gasteiger partial charge in [-0.3, -0.25) is 4.79 Å². The Labute approximate surface area is 175 Å². The highest BCUT2D eigenvalue weighted by Gasteiger charge is 2.16. The predicted octanol–water partition coefficient (Wildman–Crippen LogP) is 4.12. The van der Waals surface area contributed by atoms with Crippen LogP contribution in [0.4, 0.5) is 10.2 Å². The molecule has 2 aromatic heterocycles. The number of aryl methyl sites for hydroxylation is 1. The van der Waals surface area contributed by atoms with E-state index in [4.69, 9.17) is 4.42 Å². The van der Waals surface area contributed by atoms with E-state index in [1.54, 1.807) is 24.4 Å².